The largest absolute Gasteiger partial charge is 0.335 e. The molecule has 1 atom stereocenters. The normalized spacial score (nSPS) is 27.1. The molecule has 0 aromatic heterocycles. The Morgan fingerprint density at radius 3 is 2.71 bits per heavy atom. The molecule has 0 spiro atoms. The molecule has 154 valence electrons. The van der Waals surface area contributed by atoms with Crippen molar-refractivity contribution in [2.24, 2.45) is 10.4 Å². The second-order valence-electron chi connectivity index (χ2n) is 8.83. The minimum absolute atomic E-state index is 0.0856. The molecule has 3 rings (SSSR count). The second kappa shape index (κ2) is 8.56. The SMILES string of the molecule is CC/C(C)=C(Br)\C=C1\N=C(C(=O)N2CCCCCC2C)C=C(C2(C)CC2)N1C. The van der Waals surface area contributed by atoms with Gasteiger partial charge in [0.05, 0.1) is 0 Å². The van der Waals surface area contributed by atoms with E-state index in [0.717, 1.165) is 36.1 Å². The van der Waals surface area contributed by atoms with Crippen LogP contribution >= 0.6 is 15.9 Å². The molecule has 3 aliphatic rings. The van der Waals surface area contributed by atoms with Gasteiger partial charge in [0.2, 0.25) is 0 Å². The first-order valence-corrected chi connectivity index (χ1v) is 11.5. The summed E-state index contributed by atoms with van der Waals surface area (Å²) in [6.07, 6.45) is 12.0. The van der Waals surface area contributed by atoms with Crippen LogP contribution in [0.25, 0.3) is 0 Å². The molecule has 0 bridgehead atoms. The first-order valence-electron chi connectivity index (χ1n) is 10.7. The summed E-state index contributed by atoms with van der Waals surface area (Å²) in [4.78, 5) is 22.4. The van der Waals surface area contributed by atoms with Crippen molar-refractivity contribution in [3.63, 3.8) is 0 Å². The molecule has 0 N–H and O–H groups in total. The Morgan fingerprint density at radius 1 is 1.36 bits per heavy atom. The van der Waals surface area contributed by atoms with Crippen LogP contribution in [0.5, 0.6) is 0 Å². The summed E-state index contributed by atoms with van der Waals surface area (Å²) in [5.41, 5.74) is 3.25. The minimum Gasteiger partial charge on any atom is -0.335 e. The van der Waals surface area contributed by atoms with Gasteiger partial charge in [-0.2, -0.15) is 0 Å². The lowest BCUT2D eigenvalue weighted by Gasteiger charge is -2.33. The van der Waals surface area contributed by atoms with Crippen molar-refractivity contribution >= 4 is 27.5 Å². The van der Waals surface area contributed by atoms with E-state index in [9.17, 15) is 4.79 Å². The molecule has 5 heteroatoms. The van der Waals surface area contributed by atoms with Crippen molar-refractivity contribution in [3.8, 4) is 0 Å². The van der Waals surface area contributed by atoms with Gasteiger partial charge in [-0.25, -0.2) is 4.99 Å². The van der Waals surface area contributed by atoms with Gasteiger partial charge in [0.15, 0.2) is 0 Å². The predicted octanol–water partition coefficient (Wildman–Crippen LogP) is 5.77. The zero-order valence-corrected chi connectivity index (χ0v) is 19.6. The lowest BCUT2D eigenvalue weighted by Crippen LogP contribution is -2.43. The molecular weight excluding hydrogens is 414 g/mol. The van der Waals surface area contributed by atoms with Gasteiger partial charge in [0, 0.05) is 35.2 Å². The van der Waals surface area contributed by atoms with E-state index in [4.69, 9.17) is 4.99 Å². The maximum absolute atomic E-state index is 13.4. The van der Waals surface area contributed by atoms with E-state index in [0.29, 0.717) is 5.71 Å². The van der Waals surface area contributed by atoms with Crippen LogP contribution in [0, 0.1) is 5.41 Å². The standard InChI is InChI=1S/C23H34BrN3O/c1-6-16(2)18(24)14-21-25-19(15-20(26(21)5)23(4)11-12-23)22(28)27-13-9-7-8-10-17(27)3/h14-15,17H,6-13H2,1-5H3/b18-16+,21-14-. The third-order valence-corrected chi connectivity index (χ3v) is 7.46. The number of nitrogens with zero attached hydrogens (tertiary/aromatic N) is 3. The van der Waals surface area contributed by atoms with Gasteiger partial charge in [-0.1, -0.05) is 48.2 Å². The predicted molar refractivity (Wildman–Crippen MR) is 120 cm³/mol. The highest BCUT2D eigenvalue weighted by molar-refractivity contribution is 9.11. The fourth-order valence-corrected chi connectivity index (χ4v) is 4.46. The van der Waals surface area contributed by atoms with Crippen molar-refractivity contribution in [1.29, 1.82) is 0 Å². The summed E-state index contributed by atoms with van der Waals surface area (Å²) in [5.74, 6) is 0.929. The second-order valence-corrected chi connectivity index (χ2v) is 9.68. The number of carbonyl (C=O) groups is 1. The molecule has 2 heterocycles. The van der Waals surface area contributed by atoms with Crippen LogP contribution in [0.3, 0.4) is 0 Å². The maximum atomic E-state index is 13.4. The molecular formula is C23H34BrN3O. The summed E-state index contributed by atoms with van der Waals surface area (Å²) in [6, 6.07) is 0.284. The number of aliphatic imine (C=N–C) groups is 1. The van der Waals surface area contributed by atoms with E-state index in [-0.39, 0.29) is 17.4 Å². The zero-order chi connectivity index (χ0) is 20.5. The highest BCUT2D eigenvalue weighted by Crippen LogP contribution is 2.53. The molecule has 1 aliphatic carbocycles. The quantitative estimate of drug-likeness (QED) is 0.548. The van der Waals surface area contributed by atoms with Crippen molar-refractivity contribution in [2.75, 3.05) is 13.6 Å². The highest BCUT2D eigenvalue weighted by Gasteiger charge is 2.45. The number of rotatable bonds is 4. The molecule has 1 saturated heterocycles. The Bertz CT molecular complexity index is 758. The average Bonchev–Trinajstić information content (AvgIpc) is 3.45. The molecule has 4 nitrogen and oxygen atoms in total. The number of amides is 1. The Labute approximate surface area is 178 Å². The molecule has 28 heavy (non-hydrogen) atoms. The highest BCUT2D eigenvalue weighted by atomic mass is 79.9. The number of likely N-dealkylation sites (tertiary alicyclic amines) is 1. The van der Waals surface area contributed by atoms with Crippen LogP contribution < -0.4 is 0 Å². The van der Waals surface area contributed by atoms with E-state index >= 15 is 0 Å². The summed E-state index contributed by atoms with van der Waals surface area (Å²) in [6.45, 7) is 9.57. The molecule has 1 amide bonds. The molecule has 0 radical (unpaired) electrons. The van der Waals surface area contributed by atoms with Gasteiger partial charge in [-0.3, -0.25) is 4.79 Å². The van der Waals surface area contributed by atoms with Gasteiger partial charge < -0.3 is 9.80 Å². The van der Waals surface area contributed by atoms with E-state index in [2.05, 4.69) is 67.7 Å². The van der Waals surface area contributed by atoms with Crippen LogP contribution in [0.2, 0.25) is 0 Å². The number of allylic oxidation sites excluding steroid dienone is 4. The van der Waals surface area contributed by atoms with Gasteiger partial charge in [0.1, 0.15) is 11.5 Å². The summed E-state index contributed by atoms with van der Waals surface area (Å²) in [7, 11) is 2.07. The first-order chi connectivity index (χ1) is 13.3. The van der Waals surface area contributed by atoms with Gasteiger partial charge in [-0.05, 0) is 58.1 Å². The van der Waals surface area contributed by atoms with Gasteiger partial charge in [-0.15, -0.1) is 0 Å². The molecule has 0 aromatic carbocycles. The number of hydrogen-bond acceptors (Lipinski definition) is 3. The Hall–Kier alpha value is -1.36. The fraction of sp³-hybridized carbons (Fsp3) is 0.652. The van der Waals surface area contributed by atoms with Crippen molar-refractivity contribution in [2.45, 2.75) is 78.7 Å². The summed E-state index contributed by atoms with van der Waals surface area (Å²) in [5, 5.41) is 0. The summed E-state index contributed by atoms with van der Waals surface area (Å²) < 4.78 is 1.05. The van der Waals surface area contributed by atoms with Crippen molar-refractivity contribution in [3.05, 3.63) is 33.7 Å². The lowest BCUT2D eigenvalue weighted by molar-refractivity contribution is -0.125. The van der Waals surface area contributed by atoms with Gasteiger partial charge in [0.25, 0.3) is 5.91 Å². The molecule has 1 saturated carbocycles. The number of hydrogen-bond donors (Lipinski definition) is 0. The van der Waals surface area contributed by atoms with Crippen LogP contribution in [0.4, 0.5) is 0 Å². The topological polar surface area (TPSA) is 35.9 Å². The average molecular weight is 448 g/mol. The molecule has 2 aliphatic heterocycles. The molecule has 2 fully saturated rings. The lowest BCUT2D eigenvalue weighted by atomic mass is 10.00. The first kappa shape index (κ1) is 21.4. The third kappa shape index (κ3) is 4.45. The van der Waals surface area contributed by atoms with Crippen molar-refractivity contribution < 1.29 is 4.79 Å². The Kier molecular flexibility index (Phi) is 6.53. The van der Waals surface area contributed by atoms with Crippen LogP contribution in [-0.4, -0.2) is 41.1 Å². The van der Waals surface area contributed by atoms with E-state index < -0.39 is 0 Å². The monoisotopic (exact) mass is 447 g/mol. The molecule has 0 aromatic rings. The zero-order valence-electron chi connectivity index (χ0n) is 18.0. The van der Waals surface area contributed by atoms with E-state index in [1.165, 1.54) is 37.0 Å². The third-order valence-electron chi connectivity index (χ3n) is 6.56. The molecule has 1 unspecified atom stereocenters. The van der Waals surface area contributed by atoms with Crippen LogP contribution in [-0.2, 0) is 4.79 Å². The minimum atomic E-state index is 0.0856. The Morgan fingerprint density at radius 2 is 2.07 bits per heavy atom. The van der Waals surface area contributed by atoms with Crippen LogP contribution in [0.15, 0.2) is 38.7 Å². The fourth-order valence-electron chi connectivity index (χ4n) is 3.97. The number of carbonyl (C=O) groups excluding carboxylic acids is 1. The Balaban J connectivity index is 1.99. The summed E-state index contributed by atoms with van der Waals surface area (Å²) >= 11 is 3.70. The van der Waals surface area contributed by atoms with E-state index in [1.54, 1.807) is 0 Å². The van der Waals surface area contributed by atoms with Crippen molar-refractivity contribution in [1.82, 2.24) is 9.80 Å². The maximum Gasteiger partial charge on any atom is 0.272 e. The van der Waals surface area contributed by atoms with Crippen LogP contribution in [0.1, 0.15) is 72.6 Å². The van der Waals surface area contributed by atoms with E-state index in [1.807, 2.05) is 4.90 Å². The van der Waals surface area contributed by atoms with Gasteiger partial charge >= 0.3 is 0 Å². The smallest absolute Gasteiger partial charge is 0.272 e. The number of halogens is 1.